The van der Waals surface area contributed by atoms with Crippen molar-refractivity contribution in [2.75, 3.05) is 13.1 Å². The molecule has 0 N–H and O–H groups in total. The minimum atomic E-state index is -4.12. The van der Waals surface area contributed by atoms with E-state index in [2.05, 4.69) is 4.98 Å². The highest BCUT2D eigenvalue weighted by atomic mass is 19.4. The van der Waals surface area contributed by atoms with Crippen LogP contribution in [0.15, 0.2) is 6.20 Å². The van der Waals surface area contributed by atoms with Crippen molar-refractivity contribution in [3.8, 4) is 0 Å². The number of nitrogens with zero attached hydrogens (tertiary/aromatic N) is 3. The number of fused-ring (bicyclic) bond motifs is 1. The van der Waals surface area contributed by atoms with E-state index >= 15 is 0 Å². The van der Waals surface area contributed by atoms with Crippen LogP contribution in [0.4, 0.5) is 13.2 Å². The summed E-state index contributed by atoms with van der Waals surface area (Å²) in [5.74, 6) is 1.34. The van der Waals surface area contributed by atoms with E-state index in [4.69, 9.17) is 0 Å². The van der Waals surface area contributed by atoms with Crippen molar-refractivity contribution in [3.05, 3.63) is 17.7 Å². The molecule has 0 saturated heterocycles. The zero-order valence-electron chi connectivity index (χ0n) is 9.37. The smallest absolute Gasteiger partial charge is 0.332 e. The predicted octanol–water partition coefficient (Wildman–Crippen LogP) is 2.14. The van der Waals surface area contributed by atoms with E-state index in [-0.39, 0.29) is 0 Å². The summed E-state index contributed by atoms with van der Waals surface area (Å²) in [6.45, 7) is 0.545. The normalized spacial score (nSPS) is 21.6. The van der Waals surface area contributed by atoms with Gasteiger partial charge in [-0.05, 0) is 12.8 Å². The van der Waals surface area contributed by atoms with Crippen molar-refractivity contribution in [2.45, 2.75) is 38.0 Å². The molecule has 3 rings (SSSR count). The maximum Gasteiger partial charge on any atom is 0.401 e. The second-order valence-electron chi connectivity index (χ2n) is 4.88. The monoisotopic (exact) mass is 245 g/mol. The summed E-state index contributed by atoms with van der Waals surface area (Å²) in [5, 5.41) is 0. The van der Waals surface area contributed by atoms with Crippen molar-refractivity contribution in [1.29, 1.82) is 0 Å². The number of halogens is 3. The highest BCUT2D eigenvalue weighted by Crippen LogP contribution is 2.39. The van der Waals surface area contributed by atoms with Crippen LogP contribution in [-0.4, -0.2) is 33.7 Å². The van der Waals surface area contributed by atoms with Crippen LogP contribution in [0, 0.1) is 0 Å². The summed E-state index contributed by atoms with van der Waals surface area (Å²) >= 11 is 0. The first-order chi connectivity index (χ1) is 8.01. The van der Waals surface area contributed by atoms with E-state index in [9.17, 15) is 13.2 Å². The van der Waals surface area contributed by atoms with Gasteiger partial charge in [0, 0.05) is 25.2 Å². The highest BCUT2D eigenvalue weighted by Gasteiger charge is 2.33. The molecule has 0 radical (unpaired) electrons. The van der Waals surface area contributed by atoms with Gasteiger partial charge in [0.1, 0.15) is 5.82 Å². The Balaban J connectivity index is 1.71. The van der Waals surface area contributed by atoms with E-state index in [1.165, 1.54) is 17.7 Å². The largest absolute Gasteiger partial charge is 0.401 e. The van der Waals surface area contributed by atoms with E-state index in [1.807, 2.05) is 10.8 Å². The Bertz CT molecular complexity index is 420. The maximum atomic E-state index is 12.3. The van der Waals surface area contributed by atoms with Crippen LogP contribution >= 0.6 is 0 Å². The predicted molar refractivity (Wildman–Crippen MR) is 55.5 cm³/mol. The van der Waals surface area contributed by atoms with Crippen molar-refractivity contribution in [1.82, 2.24) is 14.5 Å². The molecular weight excluding hydrogens is 231 g/mol. The molecule has 2 aliphatic rings. The van der Waals surface area contributed by atoms with Crippen molar-refractivity contribution in [3.63, 3.8) is 0 Å². The number of alkyl halides is 3. The Morgan fingerprint density at radius 2 is 2.06 bits per heavy atom. The van der Waals surface area contributed by atoms with Crippen molar-refractivity contribution >= 4 is 0 Å². The first kappa shape index (κ1) is 11.1. The minimum Gasteiger partial charge on any atom is -0.332 e. The minimum absolute atomic E-state index is 0.312. The number of aromatic nitrogens is 2. The van der Waals surface area contributed by atoms with Gasteiger partial charge < -0.3 is 4.57 Å². The van der Waals surface area contributed by atoms with Crippen molar-refractivity contribution in [2.24, 2.45) is 0 Å². The molecule has 1 aromatic heterocycles. The third-order valence-corrected chi connectivity index (χ3v) is 3.30. The summed E-state index contributed by atoms with van der Waals surface area (Å²) in [6, 6.07) is 0. The zero-order chi connectivity index (χ0) is 12.0. The summed E-state index contributed by atoms with van der Waals surface area (Å²) in [4.78, 5) is 5.86. The fourth-order valence-electron chi connectivity index (χ4n) is 2.29. The molecule has 0 atom stereocenters. The average Bonchev–Trinajstić information content (AvgIpc) is 2.96. The molecule has 17 heavy (non-hydrogen) atoms. The van der Waals surface area contributed by atoms with E-state index < -0.39 is 12.7 Å². The van der Waals surface area contributed by atoms with E-state index in [0.717, 1.165) is 11.5 Å². The molecule has 0 amide bonds. The topological polar surface area (TPSA) is 21.1 Å². The van der Waals surface area contributed by atoms with Gasteiger partial charge in [-0.3, -0.25) is 4.90 Å². The fourth-order valence-corrected chi connectivity index (χ4v) is 2.29. The first-order valence-corrected chi connectivity index (χ1v) is 5.86. The Kier molecular flexibility index (Phi) is 2.43. The number of hydrogen-bond acceptors (Lipinski definition) is 2. The molecule has 6 heteroatoms. The molecule has 1 aromatic rings. The van der Waals surface area contributed by atoms with Crippen LogP contribution in [0.5, 0.6) is 0 Å². The molecule has 0 spiro atoms. The van der Waals surface area contributed by atoms with Gasteiger partial charge in [0.2, 0.25) is 0 Å². The highest BCUT2D eigenvalue weighted by molar-refractivity contribution is 5.15. The van der Waals surface area contributed by atoms with Gasteiger partial charge in [-0.2, -0.15) is 13.2 Å². The fraction of sp³-hybridized carbons (Fsp3) is 0.727. The second-order valence-corrected chi connectivity index (χ2v) is 4.88. The Morgan fingerprint density at radius 3 is 2.71 bits per heavy atom. The molecule has 1 aliphatic carbocycles. The van der Waals surface area contributed by atoms with Crippen LogP contribution in [0.3, 0.4) is 0 Å². The number of hydrogen-bond donors (Lipinski definition) is 0. The molecular formula is C11H14F3N3. The number of imidazole rings is 1. The molecule has 94 valence electrons. The molecule has 1 aliphatic heterocycles. The third kappa shape index (κ3) is 2.46. The average molecular weight is 245 g/mol. The van der Waals surface area contributed by atoms with Gasteiger partial charge in [-0.25, -0.2) is 4.98 Å². The molecule has 3 nitrogen and oxygen atoms in total. The lowest BCUT2D eigenvalue weighted by atomic mass is 10.3. The molecule has 1 fully saturated rings. The van der Waals surface area contributed by atoms with E-state index in [1.54, 1.807) is 0 Å². The maximum absolute atomic E-state index is 12.3. The summed E-state index contributed by atoms with van der Waals surface area (Å²) in [5.41, 5.74) is 1.06. The van der Waals surface area contributed by atoms with Crippen LogP contribution in [0.2, 0.25) is 0 Å². The van der Waals surface area contributed by atoms with Crippen LogP contribution in [0.25, 0.3) is 0 Å². The van der Waals surface area contributed by atoms with Crippen LogP contribution in [0.1, 0.15) is 30.3 Å². The number of rotatable bonds is 2. The quantitative estimate of drug-likeness (QED) is 0.796. The molecule has 2 heterocycles. The van der Waals surface area contributed by atoms with Crippen molar-refractivity contribution < 1.29 is 13.2 Å². The Morgan fingerprint density at radius 1 is 1.29 bits per heavy atom. The Hall–Kier alpha value is -1.04. The molecule has 0 aromatic carbocycles. The van der Waals surface area contributed by atoms with Gasteiger partial charge in [0.25, 0.3) is 0 Å². The summed E-state index contributed by atoms with van der Waals surface area (Å²) in [7, 11) is 0. The van der Waals surface area contributed by atoms with Gasteiger partial charge in [-0.1, -0.05) is 0 Å². The summed E-state index contributed by atoms with van der Waals surface area (Å²) in [6.07, 6.45) is 0.234. The lowest BCUT2D eigenvalue weighted by Crippen LogP contribution is -2.39. The van der Waals surface area contributed by atoms with Gasteiger partial charge in [-0.15, -0.1) is 0 Å². The summed E-state index contributed by atoms with van der Waals surface area (Å²) < 4.78 is 38.9. The standard InChI is InChI=1S/C11H14F3N3/c12-11(13,14)7-16-3-4-17-5-9(8-1-2-8)15-10(17)6-16/h5,8H,1-4,6-7H2. The van der Waals surface area contributed by atoms with Gasteiger partial charge in [0.05, 0.1) is 18.8 Å². The first-order valence-electron chi connectivity index (χ1n) is 5.86. The zero-order valence-corrected chi connectivity index (χ0v) is 9.37. The molecule has 0 unspecified atom stereocenters. The SMILES string of the molecule is FC(F)(F)CN1CCn2cc(C3CC3)nc2C1. The third-order valence-electron chi connectivity index (χ3n) is 3.30. The van der Waals surface area contributed by atoms with Crippen LogP contribution < -0.4 is 0 Å². The van der Waals surface area contributed by atoms with Gasteiger partial charge >= 0.3 is 6.18 Å². The Labute approximate surface area is 97.2 Å². The molecule has 1 saturated carbocycles. The molecule has 0 bridgehead atoms. The van der Waals surface area contributed by atoms with Gasteiger partial charge in [0.15, 0.2) is 0 Å². The lowest BCUT2D eigenvalue weighted by molar-refractivity contribution is -0.148. The lowest BCUT2D eigenvalue weighted by Gasteiger charge is -2.27. The second kappa shape index (κ2) is 3.73. The van der Waals surface area contributed by atoms with Crippen LogP contribution in [-0.2, 0) is 13.1 Å². The van der Waals surface area contributed by atoms with E-state index in [0.29, 0.717) is 25.6 Å².